The second-order valence-electron chi connectivity index (χ2n) is 7.17. The summed E-state index contributed by atoms with van der Waals surface area (Å²) in [4.78, 5) is 12.8. The normalized spacial score (nSPS) is 11.0. The molecule has 0 spiro atoms. The predicted molar refractivity (Wildman–Crippen MR) is 134 cm³/mol. The highest BCUT2D eigenvalue weighted by Gasteiger charge is 2.18. The van der Waals surface area contributed by atoms with E-state index in [0.29, 0.717) is 21.7 Å². The standard InChI is InChI=1S/C25H23BrN4O3/c1-29-21(24(26)25(31)30(29)20-11-7-4-8-12-20)17-33-22-14-13-18(15-23(22)32-2)16-27-28-19-9-5-3-6-10-19/h3-16,28H,17H2,1-2H3. The Balaban J connectivity index is 1.50. The Morgan fingerprint density at radius 3 is 2.39 bits per heavy atom. The van der Waals surface area contributed by atoms with Crippen LogP contribution in [0.4, 0.5) is 5.69 Å². The maximum absolute atomic E-state index is 12.8. The van der Waals surface area contributed by atoms with Crippen LogP contribution in [0.25, 0.3) is 5.69 Å². The van der Waals surface area contributed by atoms with Crippen molar-refractivity contribution in [1.29, 1.82) is 0 Å². The van der Waals surface area contributed by atoms with Crippen molar-refractivity contribution >= 4 is 27.8 Å². The zero-order chi connectivity index (χ0) is 23.2. The van der Waals surface area contributed by atoms with Gasteiger partial charge in [0.05, 0.1) is 30.4 Å². The highest BCUT2D eigenvalue weighted by molar-refractivity contribution is 9.10. The van der Waals surface area contributed by atoms with E-state index in [1.807, 2.05) is 85.9 Å². The van der Waals surface area contributed by atoms with Crippen molar-refractivity contribution < 1.29 is 9.47 Å². The summed E-state index contributed by atoms with van der Waals surface area (Å²) in [5, 5.41) is 4.26. The molecular weight excluding hydrogens is 484 g/mol. The van der Waals surface area contributed by atoms with Gasteiger partial charge in [-0.3, -0.25) is 14.9 Å². The zero-order valence-electron chi connectivity index (χ0n) is 18.2. The number of anilines is 1. The summed E-state index contributed by atoms with van der Waals surface area (Å²) in [6.07, 6.45) is 1.71. The molecule has 3 aromatic carbocycles. The minimum absolute atomic E-state index is 0.147. The minimum atomic E-state index is -0.147. The van der Waals surface area contributed by atoms with Crippen molar-refractivity contribution in [2.45, 2.75) is 6.61 Å². The SMILES string of the molecule is COc1cc(C=NNc2ccccc2)ccc1OCc1c(Br)c(=O)n(-c2ccccc2)n1C. The molecule has 0 atom stereocenters. The van der Waals surface area contributed by atoms with E-state index < -0.39 is 0 Å². The number of hydrogen-bond acceptors (Lipinski definition) is 5. The fourth-order valence-corrected chi connectivity index (χ4v) is 3.89. The summed E-state index contributed by atoms with van der Waals surface area (Å²) in [6.45, 7) is 0.186. The molecule has 0 aliphatic heterocycles. The lowest BCUT2D eigenvalue weighted by molar-refractivity contribution is 0.274. The van der Waals surface area contributed by atoms with E-state index in [2.05, 4.69) is 26.5 Å². The number of ether oxygens (including phenoxy) is 2. The maximum Gasteiger partial charge on any atom is 0.286 e. The molecule has 4 rings (SSSR count). The number of hydrogen-bond donors (Lipinski definition) is 1. The number of hydrazone groups is 1. The van der Waals surface area contributed by atoms with E-state index in [4.69, 9.17) is 9.47 Å². The van der Waals surface area contributed by atoms with E-state index >= 15 is 0 Å². The first-order valence-electron chi connectivity index (χ1n) is 10.2. The van der Waals surface area contributed by atoms with Gasteiger partial charge in [0.25, 0.3) is 5.56 Å². The summed E-state index contributed by atoms with van der Waals surface area (Å²) >= 11 is 3.43. The van der Waals surface area contributed by atoms with Crippen LogP contribution in [-0.2, 0) is 13.7 Å². The molecule has 1 N–H and O–H groups in total. The maximum atomic E-state index is 12.8. The number of nitrogens with one attached hydrogen (secondary N) is 1. The number of rotatable bonds is 8. The third-order valence-electron chi connectivity index (χ3n) is 5.06. The largest absolute Gasteiger partial charge is 0.493 e. The van der Waals surface area contributed by atoms with Crippen molar-refractivity contribution in [3.63, 3.8) is 0 Å². The number of nitrogens with zero attached hydrogens (tertiary/aromatic N) is 3. The molecule has 0 aliphatic rings. The monoisotopic (exact) mass is 506 g/mol. The van der Waals surface area contributed by atoms with Crippen LogP contribution in [0, 0.1) is 0 Å². The number of aromatic nitrogens is 2. The molecule has 7 nitrogen and oxygen atoms in total. The first-order chi connectivity index (χ1) is 16.1. The third kappa shape index (κ3) is 5.01. The Labute approximate surface area is 200 Å². The molecule has 0 bridgehead atoms. The molecule has 0 amide bonds. The molecule has 1 heterocycles. The quantitative estimate of drug-likeness (QED) is 0.270. The zero-order valence-corrected chi connectivity index (χ0v) is 19.8. The lowest BCUT2D eigenvalue weighted by atomic mass is 10.2. The Morgan fingerprint density at radius 1 is 1.00 bits per heavy atom. The van der Waals surface area contributed by atoms with E-state index in [-0.39, 0.29) is 12.2 Å². The van der Waals surface area contributed by atoms with Crippen molar-refractivity contribution in [3.8, 4) is 17.2 Å². The highest BCUT2D eigenvalue weighted by atomic mass is 79.9. The third-order valence-corrected chi connectivity index (χ3v) is 5.85. The van der Waals surface area contributed by atoms with Gasteiger partial charge in [0.2, 0.25) is 0 Å². The Bertz CT molecular complexity index is 1310. The molecule has 0 aliphatic carbocycles. The van der Waals surface area contributed by atoms with Gasteiger partial charge >= 0.3 is 0 Å². The summed E-state index contributed by atoms with van der Waals surface area (Å²) in [5.74, 6) is 1.14. The second kappa shape index (κ2) is 10.2. The smallest absolute Gasteiger partial charge is 0.286 e. The van der Waals surface area contributed by atoms with Crippen LogP contribution in [0.2, 0.25) is 0 Å². The fourth-order valence-electron chi connectivity index (χ4n) is 3.36. The predicted octanol–water partition coefficient (Wildman–Crippen LogP) is 4.97. The number of methoxy groups -OCH3 is 1. The lowest BCUT2D eigenvalue weighted by Crippen LogP contribution is -2.19. The average Bonchev–Trinajstić information content (AvgIpc) is 3.06. The van der Waals surface area contributed by atoms with E-state index in [0.717, 1.165) is 16.9 Å². The van der Waals surface area contributed by atoms with Crippen LogP contribution in [0.15, 0.2) is 93.2 Å². The lowest BCUT2D eigenvalue weighted by Gasteiger charge is -2.13. The molecular formula is C25H23BrN4O3. The molecule has 8 heteroatoms. The van der Waals surface area contributed by atoms with E-state index in [1.165, 1.54) is 0 Å². The average molecular weight is 507 g/mol. The van der Waals surface area contributed by atoms with Crippen molar-refractivity contribution in [2.24, 2.45) is 12.1 Å². The number of benzene rings is 3. The number of para-hydroxylation sites is 2. The van der Waals surface area contributed by atoms with Crippen LogP contribution in [0.5, 0.6) is 11.5 Å². The molecule has 1 aromatic heterocycles. The van der Waals surface area contributed by atoms with Crippen LogP contribution in [-0.4, -0.2) is 22.7 Å². The first-order valence-corrected chi connectivity index (χ1v) is 11.0. The van der Waals surface area contributed by atoms with Crippen LogP contribution in [0.1, 0.15) is 11.3 Å². The van der Waals surface area contributed by atoms with Crippen LogP contribution >= 0.6 is 15.9 Å². The molecule has 33 heavy (non-hydrogen) atoms. The fraction of sp³-hybridized carbons (Fsp3) is 0.120. The van der Waals surface area contributed by atoms with Gasteiger partial charge < -0.3 is 9.47 Å². The number of halogens is 1. The van der Waals surface area contributed by atoms with Gasteiger partial charge in [-0.2, -0.15) is 5.10 Å². The van der Waals surface area contributed by atoms with Crippen LogP contribution < -0.4 is 20.5 Å². The Kier molecular flexibility index (Phi) is 6.95. The summed E-state index contributed by atoms with van der Waals surface area (Å²) in [6, 6.07) is 24.7. The van der Waals surface area contributed by atoms with Crippen molar-refractivity contribution in [1.82, 2.24) is 9.36 Å². The molecule has 0 radical (unpaired) electrons. The van der Waals surface area contributed by atoms with Crippen molar-refractivity contribution in [2.75, 3.05) is 12.5 Å². The van der Waals surface area contributed by atoms with Gasteiger partial charge in [0, 0.05) is 7.05 Å². The molecule has 0 saturated carbocycles. The van der Waals surface area contributed by atoms with E-state index in [1.54, 1.807) is 22.7 Å². The van der Waals surface area contributed by atoms with Gasteiger partial charge in [-0.25, -0.2) is 4.68 Å². The highest BCUT2D eigenvalue weighted by Crippen LogP contribution is 2.29. The second-order valence-corrected chi connectivity index (χ2v) is 7.96. The minimum Gasteiger partial charge on any atom is -0.493 e. The summed E-state index contributed by atoms with van der Waals surface area (Å²) in [5.41, 5.74) is 6.08. The molecule has 0 unspecified atom stereocenters. The van der Waals surface area contributed by atoms with Gasteiger partial charge in [-0.1, -0.05) is 36.4 Å². The van der Waals surface area contributed by atoms with Crippen LogP contribution in [0.3, 0.4) is 0 Å². The first kappa shape index (κ1) is 22.4. The van der Waals surface area contributed by atoms with Gasteiger partial charge in [0.15, 0.2) is 11.5 Å². The Hall–Kier alpha value is -3.78. The van der Waals surface area contributed by atoms with Crippen molar-refractivity contribution in [3.05, 3.63) is 105 Å². The Morgan fingerprint density at radius 2 is 1.70 bits per heavy atom. The topological polar surface area (TPSA) is 69.8 Å². The molecule has 4 aromatic rings. The summed E-state index contributed by atoms with van der Waals surface area (Å²) in [7, 11) is 3.41. The van der Waals surface area contributed by atoms with Gasteiger partial charge in [0.1, 0.15) is 11.1 Å². The van der Waals surface area contributed by atoms with Gasteiger partial charge in [-0.05, 0) is 64.0 Å². The molecule has 168 valence electrons. The molecule has 0 saturated heterocycles. The summed E-state index contributed by atoms with van der Waals surface area (Å²) < 4.78 is 15.4. The molecule has 0 fully saturated rings. The van der Waals surface area contributed by atoms with E-state index in [9.17, 15) is 4.79 Å². The van der Waals surface area contributed by atoms with Gasteiger partial charge in [-0.15, -0.1) is 0 Å².